The van der Waals surface area contributed by atoms with E-state index < -0.39 is 15.7 Å². The maximum atomic E-state index is 13.6. The average Bonchev–Trinajstić information content (AvgIpc) is 3.09. The highest BCUT2D eigenvalue weighted by molar-refractivity contribution is 7.87. The highest BCUT2D eigenvalue weighted by Gasteiger charge is 2.49. The van der Waals surface area contributed by atoms with E-state index in [1.165, 1.54) is 17.0 Å². The van der Waals surface area contributed by atoms with Crippen LogP contribution in [0.4, 0.5) is 0 Å². The van der Waals surface area contributed by atoms with Crippen LogP contribution in [0.5, 0.6) is 11.5 Å². The smallest absolute Gasteiger partial charge is 0.309 e. The first kappa shape index (κ1) is 24.2. The Bertz CT molecular complexity index is 1390. The van der Waals surface area contributed by atoms with Crippen molar-refractivity contribution in [2.45, 2.75) is 18.9 Å². The number of benzene rings is 2. The second kappa shape index (κ2) is 9.38. The van der Waals surface area contributed by atoms with Gasteiger partial charge in [-0.05, 0) is 47.4 Å². The van der Waals surface area contributed by atoms with Crippen LogP contribution >= 0.6 is 0 Å². The van der Waals surface area contributed by atoms with Crippen LogP contribution in [0.3, 0.4) is 0 Å². The summed E-state index contributed by atoms with van der Waals surface area (Å²) in [5.74, 6) is 0.423. The Morgan fingerprint density at radius 3 is 2.37 bits per heavy atom. The molecule has 0 saturated carbocycles. The topological polar surface area (TPSA) is 124 Å². The normalized spacial score (nSPS) is 17.9. The fourth-order valence-corrected chi connectivity index (χ4v) is 4.97. The van der Waals surface area contributed by atoms with Crippen molar-refractivity contribution < 1.29 is 22.1 Å². The number of pyridine rings is 1. The van der Waals surface area contributed by atoms with E-state index in [2.05, 4.69) is 9.98 Å². The summed E-state index contributed by atoms with van der Waals surface area (Å²) >= 11 is 0. The largest absolute Gasteiger partial charge is 0.495 e. The molecule has 2 heterocycles. The Labute approximate surface area is 204 Å². The molecule has 2 aromatic carbocycles. The number of guanidine groups is 1. The fraction of sp³-hybridized carbons (Fsp3) is 0.240. The van der Waals surface area contributed by atoms with Gasteiger partial charge < -0.3 is 14.7 Å². The van der Waals surface area contributed by atoms with Gasteiger partial charge in [-0.1, -0.05) is 37.3 Å². The Balaban J connectivity index is 1.80. The molecule has 0 spiro atoms. The van der Waals surface area contributed by atoms with E-state index in [9.17, 15) is 13.2 Å². The molecule has 0 saturated heterocycles. The molecule has 2 N–H and O–H groups in total. The summed E-state index contributed by atoms with van der Waals surface area (Å²) in [6.07, 6.45) is 3.76. The lowest BCUT2D eigenvalue weighted by Gasteiger charge is -2.26. The molecule has 1 aromatic heterocycles. The van der Waals surface area contributed by atoms with E-state index in [1.54, 1.807) is 51.7 Å². The number of ether oxygens (including phenoxy) is 1. The predicted molar refractivity (Wildman–Crippen MR) is 133 cm³/mol. The van der Waals surface area contributed by atoms with Crippen molar-refractivity contribution in [2.24, 2.45) is 10.7 Å². The minimum Gasteiger partial charge on any atom is -0.495 e. The maximum Gasteiger partial charge on any atom is 0.309 e. The zero-order chi connectivity index (χ0) is 25.2. The number of carbonyl (C=O) groups is 1. The number of nitrogens with two attached hydrogens (primary N) is 1. The van der Waals surface area contributed by atoms with Crippen LogP contribution in [0.1, 0.15) is 24.5 Å². The predicted octanol–water partition coefficient (Wildman–Crippen LogP) is 2.91. The molecule has 3 aromatic rings. The van der Waals surface area contributed by atoms with Crippen molar-refractivity contribution >= 4 is 22.0 Å². The number of hydrogen-bond donors (Lipinski definition) is 1. The Morgan fingerprint density at radius 2 is 1.74 bits per heavy atom. The minimum absolute atomic E-state index is 0.0781. The molecule has 9 nitrogen and oxygen atoms in total. The van der Waals surface area contributed by atoms with Gasteiger partial charge in [0.05, 0.1) is 19.1 Å². The van der Waals surface area contributed by atoms with Crippen LogP contribution in [0.25, 0.3) is 11.1 Å². The molecule has 1 aliphatic heterocycles. The van der Waals surface area contributed by atoms with Crippen LogP contribution in [0, 0.1) is 0 Å². The van der Waals surface area contributed by atoms with Crippen LogP contribution < -0.4 is 14.7 Å². The van der Waals surface area contributed by atoms with E-state index in [1.807, 2.05) is 24.3 Å². The SMILES string of the molecule is CCCS(=O)(=O)Oc1ccc(C2(c3cccc(-c4cncc(OC)c4)c3)N=C(N)N(C)C2=O)cc1. The van der Waals surface area contributed by atoms with Gasteiger partial charge in [0.15, 0.2) is 11.5 Å². The number of nitrogens with zero attached hydrogens (tertiary/aromatic N) is 3. The van der Waals surface area contributed by atoms with Crippen molar-refractivity contribution in [3.8, 4) is 22.6 Å². The minimum atomic E-state index is -3.69. The molecule has 1 atom stereocenters. The van der Waals surface area contributed by atoms with Crippen LogP contribution in [0.15, 0.2) is 72.0 Å². The van der Waals surface area contributed by atoms with E-state index in [4.69, 9.17) is 14.7 Å². The standard InChI is InChI=1S/C25H26N4O5S/c1-4-12-35(31,32)34-21-10-8-19(9-11-21)25(23(30)29(2)24(26)28-25)20-7-5-6-17(13-20)18-14-22(33-3)16-27-15-18/h5-11,13-16H,4,12H2,1-3H3,(H2,26,28). The highest BCUT2D eigenvalue weighted by Crippen LogP contribution is 2.41. The number of aromatic nitrogens is 1. The highest BCUT2D eigenvalue weighted by atomic mass is 32.2. The second-order valence-electron chi connectivity index (χ2n) is 8.11. The van der Waals surface area contributed by atoms with Gasteiger partial charge in [0.2, 0.25) is 0 Å². The monoisotopic (exact) mass is 494 g/mol. The van der Waals surface area contributed by atoms with Crippen molar-refractivity contribution in [1.82, 2.24) is 9.88 Å². The second-order valence-corrected chi connectivity index (χ2v) is 9.80. The molecule has 0 radical (unpaired) electrons. The lowest BCUT2D eigenvalue weighted by molar-refractivity contribution is -0.129. The van der Waals surface area contributed by atoms with Gasteiger partial charge >= 0.3 is 10.1 Å². The van der Waals surface area contributed by atoms with Gasteiger partial charge in [-0.15, -0.1) is 0 Å². The number of aliphatic imine (C=N–C) groups is 1. The first-order chi connectivity index (χ1) is 16.7. The fourth-order valence-electron chi connectivity index (χ4n) is 3.99. The molecule has 182 valence electrons. The maximum absolute atomic E-state index is 13.6. The number of carbonyl (C=O) groups excluding carboxylic acids is 1. The molecular formula is C25H26N4O5S. The number of amides is 1. The molecule has 0 fully saturated rings. The van der Waals surface area contributed by atoms with Gasteiger partial charge in [0.1, 0.15) is 11.5 Å². The average molecular weight is 495 g/mol. The van der Waals surface area contributed by atoms with E-state index in [0.717, 1.165) is 11.1 Å². The first-order valence-corrected chi connectivity index (χ1v) is 12.5. The molecular weight excluding hydrogens is 468 g/mol. The van der Waals surface area contributed by atoms with Crippen molar-refractivity contribution in [3.05, 3.63) is 78.1 Å². The van der Waals surface area contributed by atoms with Gasteiger partial charge in [0, 0.05) is 18.8 Å². The van der Waals surface area contributed by atoms with Crippen LogP contribution in [-0.2, 0) is 20.5 Å². The molecule has 10 heteroatoms. The number of hydrogen-bond acceptors (Lipinski definition) is 8. The van der Waals surface area contributed by atoms with Gasteiger partial charge in [-0.2, -0.15) is 8.42 Å². The first-order valence-electron chi connectivity index (χ1n) is 11.0. The summed E-state index contributed by atoms with van der Waals surface area (Å²) < 4.78 is 34.5. The summed E-state index contributed by atoms with van der Waals surface area (Å²) in [7, 11) is -0.563. The van der Waals surface area contributed by atoms with Gasteiger partial charge in [-0.25, -0.2) is 4.99 Å². The summed E-state index contributed by atoms with van der Waals surface area (Å²) in [5.41, 5.74) is 7.38. The Kier molecular flexibility index (Phi) is 6.49. The van der Waals surface area contributed by atoms with Crippen molar-refractivity contribution in [2.75, 3.05) is 19.9 Å². The molecule has 4 rings (SSSR count). The molecule has 0 aliphatic carbocycles. The van der Waals surface area contributed by atoms with Crippen molar-refractivity contribution in [1.29, 1.82) is 0 Å². The third-order valence-electron chi connectivity index (χ3n) is 5.75. The number of likely N-dealkylation sites (N-methyl/N-ethyl adjacent to an activating group) is 1. The Morgan fingerprint density at radius 1 is 1.00 bits per heavy atom. The van der Waals surface area contributed by atoms with Crippen molar-refractivity contribution in [3.63, 3.8) is 0 Å². The Hall–Kier alpha value is -3.92. The molecule has 1 amide bonds. The zero-order valence-corrected chi connectivity index (χ0v) is 20.5. The van der Waals surface area contributed by atoms with E-state index >= 15 is 0 Å². The summed E-state index contributed by atoms with van der Waals surface area (Å²) in [5, 5.41) is 0. The van der Waals surface area contributed by atoms with Crippen LogP contribution in [-0.4, -0.2) is 50.1 Å². The molecule has 1 unspecified atom stereocenters. The third kappa shape index (κ3) is 4.57. The lowest BCUT2D eigenvalue weighted by atomic mass is 9.82. The number of methoxy groups -OCH3 is 1. The lowest BCUT2D eigenvalue weighted by Crippen LogP contribution is -2.41. The molecule has 1 aliphatic rings. The molecule has 0 bridgehead atoms. The van der Waals surface area contributed by atoms with E-state index in [0.29, 0.717) is 23.3 Å². The molecule has 35 heavy (non-hydrogen) atoms. The zero-order valence-electron chi connectivity index (χ0n) is 19.6. The van der Waals surface area contributed by atoms with E-state index in [-0.39, 0.29) is 23.4 Å². The summed E-state index contributed by atoms with van der Waals surface area (Å²) in [6, 6.07) is 15.5. The van der Waals surface area contributed by atoms with Gasteiger partial charge in [-0.3, -0.25) is 14.7 Å². The van der Waals surface area contributed by atoms with Crippen LogP contribution in [0.2, 0.25) is 0 Å². The number of rotatable bonds is 8. The summed E-state index contributed by atoms with van der Waals surface area (Å²) in [4.78, 5) is 23.7. The third-order valence-corrected chi connectivity index (χ3v) is 7.11. The summed E-state index contributed by atoms with van der Waals surface area (Å²) in [6.45, 7) is 1.76. The quantitative estimate of drug-likeness (QED) is 0.478. The van der Waals surface area contributed by atoms with Gasteiger partial charge in [0.25, 0.3) is 5.91 Å².